The number of halogens is 3. The molecule has 0 bridgehead atoms. The monoisotopic (exact) mass is 286 g/mol. The van der Waals surface area contributed by atoms with Gasteiger partial charge < -0.3 is 10.2 Å². The van der Waals surface area contributed by atoms with Gasteiger partial charge in [-0.1, -0.05) is 6.92 Å². The van der Waals surface area contributed by atoms with Crippen LogP contribution in [0.5, 0.6) is 0 Å². The van der Waals surface area contributed by atoms with Crippen molar-refractivity contribution in [2.45, 2.75) is 19.4 Å². The summed E-state index contributed by atoms with van der Waals surface area (Å²) in [6, 6.07) is 2.06. The molecule has 1 aliphatic rings. The Kier molecular flexibility index (Phi) is 4.32. The average Bonchev–Trinajstić information content (AvgIpc) is 2.44. The van der Waals surface area contributed by atoms with Gasteiger partial charge in [-0.2, -0.15) is 0 Å². The maximum Gasteiger partial charge on any atom is 0.256 e. The SMILES string of the molecule is CNC1CCN(C(=O)c2ccc(F)c(F)c2F)CC1C. The smallest absolute Gasteiger partial charge is 0.256 e. The largest absolute Gasteiger partial charge is 0.338 e. The molecule has 1 aromatic rings. The first-order valence-corrected chi connectivity index (χ1v) is 6.55. The number of piperidine rings is 1. The van der Waals surface area contributed by atoms with E-state index in [1.807, 2.05) is 14.0 Å². The Morgan fingerprint density at radius 2 is 2.00 bits per heavy atom. The Bertz CT molecular complexity index is 521. The quantitative estimate of drug-likeness (QED) is 0.845. The second kappa shape index (κ2) is 5.83. The van der Waals surface area contributed by atoms with Crippen molar-refractivity contribution in [2.75, 3.05) is 20.1 Å². The third-order valence-corrected chi connectivity index (χ3v) is 3.83. The van der Waals surface area contributed by atoms with Gasteiger partial charge in [0, 0.05) is 19.1 Å². The predicted molar refractivity (Wildman–Crippen MR) is 68.8 cm³/mol. The van der Waals surface area contributed by atoms with Gasteiger partial charge >= 0.3 is 0 Å². The van der Waals surface area contributed by atoms with Gasteiger partial charge in [0.25, 0.3) is 5.91 Å². The molecule has 6 heteroatoms. The van der Waals surface area contributed by atoms with E-state index in [2.05, 4.69) is 5.32 Å². The van der Waals surface area contributed by atoms with Crippen molar-refractivity contribution in [3.8, 4) is 0 Å². The van der Waals surface area contributed by atoms with Gasteiger partial charge in [0.1, 0.15) is 0 Å². The van der Waals surface area contributed by atoms with Gasteiger partial charge in [0.05, 0.1) is 5.56 Å². The number of carbonyl (C=O) groups excluding carboxylic acids is 1. The maximum absolute atomic E-state index is 13.6. The number of nitrogens with zero attached hydrogens (tertiary/aromatic N) is 1. The average molecular weight is 286 g/mol. The fraction of sp³-hybridized carbons (Fsp3) is 0.500. The molecule has 1 saturated heterocycles. The number of nitrogens with one attached hydrogen (secondary N) is 1. The number of carbonyl (C=O) groups is 1. The van der Waals surface area contributed by atoms with Crippen LogP contribution in [-0.2, 0) is 0 Å². The summed E-state index contributed by atoms with van der Waals surface area (Å²) in [5.41, 5.74) is -0.418. The number of benzene rings is 1. The fourth-order valence-corrected chi connectivity index (χ4v) is 2.62. The number of rotatable bonds is 2. The van der Waals surface area contributed by atoms with Gasteiger partial charge in [0.2, 0.25) is 0 Å². The highest BCUT2D eigenvalue weighted by Crippen LogP contribution is 2.21. The molecule has 0 radical (unpaired) electrons. The molecule has 1 fully saturated rings. The molecule has 0 saturated carbocycles. The Labute approximate surface area is 115 Å². The lowest BCUT2D eigenvalue weighted by Crippen LogP contribution is -2.49. The van der Waals surface area contributed by atoms with Crippen molar-refractivity contribution in [1.82, 2.24) is 10.2 Å². The molecule has 1 heterocycles. The normalized spacial score (nSPS) is 22.9. The molecular weight excluding hydrogens is 269 g/mol. The van der Waals surface area contributed by atoms with Gasteiger partial charge in [-0.3, -0.25) is 4.79 Å². The summed E-state index contributed by atoms with van der Waals surface area (Å²) in [6.45, 7) is 2.91. The Balaban J connectivity index is 2.19. The molecular formula is C14H17F3N2O. The lowest BCUT2D eigenvalue weighted by Gasteiger charge is -2.36. The summed E-state index contributed by atoms with van der Waals surface area (Å²) < 4.78 is 39.7. The molecule has 0 aliphatic carbocycles. The first kappa shape index (κ1) is 14.8. The van der Waals surface area contributed by atoms with Crippen LogP contribution in [0.1, 0.15) is 23.7 Å². The molecule has 110 valence electrons. The van der Waals surface area contributed by atoms with Crippen molar-refractivity contribution in [2.24, 2.45) is 5.92 Å². The molecule has 1 aromatic carbocycles. The van der Waals surface area contributed by atoms with E-state index in [0.717, 1.165) is 18.6 Å². The zero-order valence-electron chi connectivity index (χ0n) is 11.4. The van der Waals surface area contributed by atoms with Gasteiger partial charge in [0.15, 0.2) is 17.5 Å². The first-order valence-electron chi connectivity index (χ1n) is 6.55. The molecule has 1 amide bonds. The van der Waals surface area contributed by atoms with Crippen molar-refractivity contribution in [3.05, 3.63) is 35.1 Å². The molecule has 3 nitrogen and oxygen atoms in total. The fourth-order valence-electron chi connectivity index (χ4n) is 2.62. The van der Waals surface area contributed by atoms with Crippen LogP contribution in [0.15, 0.2) is 12.1 Å². The molecule has 0 spiro atoms. The summed E-state index contributed by atoms with van der Waals surface area (Å²) in [6.07, 6.45) is 0.745. The zero-order chi connectivity index (χ0) is 14.9. The van der Waals surface area contributed by atoms with E-state index in [4.69, 9.17) is 0 Å². The van der Waals surface area contributed by atoms with E-state index in [1.165, 1.54) is 4.90 Å². The number of hydrogen-bond donors (Lipinski definition) is 1. The van der Waals surface area contributed by atoms with E-state index in [9.17, 15) is 18.0 Å². The van der Waals surface area contributed by atoms with Crippen molar-refractivity contribution < 1.29 is 18.0 Å². The summed E-state index contributed by atoms with van der Waals surface area (Å²) in [7, 11) is 1.85. The Morgan fingerprint density at radius 1 is 1.30 bits per heavy atom. The van der Waals surface area contributed by atoms with Crippen LogP contribution in [0, 0.1) is 23.4 Å². The molecule has 1 aliphatic heterocycles. The molecule has 2 unspecified atom stereocenters. The van der Waals surface area contributed by atoms with Crippen LogP contribution >= 0.6 is 0 Å². The van der Waals surface area contributed by atoms with E-state index in [1.54, 1.807) is 0 Å². The second-order valence-corrected chi connectivity index (χ2v) is 5.14. The molecule has 1 N–H and O–H groups in total. The van der Waals surface area contributed by atoms with E-state index in [-0.39, 0.29) is 5.92 Å². The van der Waals surface area contributed by atoms with Crippen molar-refractivity contribution in [1.29, 1.82) is 0 Å². The van der Waals surface area contributed by atoms with Crippen LogP contribution in [0.3, 0.4) is 0 Å². The van der Waals surface area contributed by atoms with E-state index >= 15 is 0 Å². The van der Waals surface area contributed by atoms with Crippen LogP contribution < -0.4 is 5.32 Å². The topological polar surface area (TPSA) is 32.3 Å². The second-order valence-electron chi connectivity index (χ2n) is 5.14. The van der Waals surface area contributed by atoms with Crippen LogP contribution in [0.2, 0.25) is 0 Å². The minimum absolute atomic E-state index is 0.214. The Morgan fingerprint density at radius 3 is 2.60 bits per heavy atom. The van der Waals surface area contributed by atoms with Crippen LogP contribution in [-0.4, -0.2) is 37.0 Å². The third kappa shape index (κ3) is 2.65. The third-order valence-electron chi connectivity index (χ3n) is 3.83. The summed E-state index contributed by atoms with van der Waals surface area (Å²) in [4.78, 5) is 13.7. The molecule has 20 heavy (non-hydrogen) atoms. The highest BCUT2D eigenvalue weighted by atomic mass is 19.2. The maximum atomic E-state index is 13.6. The van der Waals surface area contributed by atoms with Gasteiger partial charge in [-0.15, -0.1) is 0 Å². The van der Waals surface area contributed by atoms with Gasteiger partial charge in [-0.05, 0) is 31.5 Å². The van der Waals surface area contributed by atoms with Crippen LogP contribution in [0.4, 0.5) is 13.2 Å². The summed E-state index contributed by atoms with van der Waals surface area (Å²) in [5, 5.41) is 3.16. The highest BCUT2D eigenvalue weighted by Gasteiger charge is 2.30. The van der Waals surface area contributed by atoms with Crippen LogP contribution in [0.25, 0.3) is 0 Å². The molecule has 2 rings (SSSR count). The highest BCUT2D eigenvalue weighted by molar-refractivity contribution is 5.94. The van der Waals surface area contributed by atoms with Crippen molar-refractivity contribution in [3.63, 3.8) is 0 Å². The van der Waals surface area contributed by atoms with Crippen molar-refractivity contribution >= 4 is 5.91 Å². The lowest BCUT2D eigenvalue weighted by molar-refractivity contribution is 0.0643. The summed E-state index contributed by atoms with van der Waals surface area (Å²) in [5.74, 6) is -4.69. The molecule has 0 aromatic heterocycles. The number of hydrogen-bond acceptors (Lipinski definition) is 2. The number of amides is 1. The first-order chi connectivity index (χ1) is 9.45. The minimum atomic E-state index is -1.60. The molecule has 2 atom stereocenters. The van der Waals surface area contributed by atoms with Gasteiger partial charge in [-0.25, -0.2) is 13.2 Å². The lowest BCUT2D eigenvalue weighted by atomic mass is 9.93. The predicted octanol–water partition coefficient (Wildman–Crippen LogP) is 2.17. The minimum Gasteiger partial charge on any atom is -0.338 e. The van der Waals surface area contributed by atoms with E-state index < -0.39 is 28.9 Å². The number of likely N-dealkylation sites (tertiary alicyclic amines) is 1. The Hall–Kier alpha value is -1.56. The zero-order valence-corrected chi connectivity index (χ0v) is 11.4. The van der Waals surface area contributed by atoms with E-state index in [0.29, 0.717) is 19.1 Å². The summed E-state index contributed by atoms with van der Waals surface area (Å²) >= 11 is 0. The standard InChI is InChI=1S/C14H17F3N2O/c1-8-7-19(6-5-11(8)18-2)14(20)9-3-4-10(15)13(17)12(9)16/h3-4,8,11,18H,5-7H2,1-2H3.